The van der Waals surface area contributed by atoms with Crippen molar-refractivity contribution in [1.29, 1.82) is 0 Å². The number of hydrogen-bond acceptors (Lipinski definition) is 4. The molecule has 2 atom stereocenters. The van der Waals surface area contributed by atoms with Gasteiger partial charge in [0.2, 0.25) is 0 Å². The Morgan fingerprint density at radius 1 is 1.21 bits per heavy atom. The summed E-state index contributed by atoms with van der Waals surface area (Å²) in [5.74, 6) is -0.357. The molecule has 0 aromatic heterocycles. The summed E-state index contributed by atoms with van der Waals surface area (Å²) in [6.45, 7) is 2.01. The SMILES string of the molecule is C[C@@H]1CCCC[C@H]1OCC(=O)NN1C(=O)NC2(CCCCC2)C1=O. The molecule has 0 unspecified atom stereocenters. The van der Waals surface area contributed by atoms with Crippen LogP contribution in [0, 0.1) is 5.92 Å². The van der Waals surface area contributed by atoms with Crippen LogP contribution in [0.3, 0.4) is 0 Å². The summed E-state index contributed by atoms with van der Waals surface area (Å²) in [6, 6.07) is -0.540. The van der Waals surface area contributed by atoms with Gasteiger partial charge in [-0.1, -0.05) is 39.0 Å². The van der Waals surface area contributed by atoms with Gasteiger partial charge in [-0.15, -0.1) is 0 Å². The summed E-state index contributed by atoms with van der Waals surface area (Å²) >= 11 is 0. The van der Waals surface area contributed by atoms with Gasteiger partial charge in [-0.3, -0.25) is 15.0 Å². The quantitative estimate of drug-likeness (QED) is 0.767. The van der Waals surface area contributed by atoms with Gasteiger partial charge in [0.15, 0.2) is 0 Å². The molecule has 0 aromatic rings. The van der Waals surface area contributed by atoms with Crippen molar-refractivity contribution in [1.82, 2.24) is 15.8 Å². The second kappa shape index (κ2) is 7.09. The minimum absolute atomic E-state index is 0.0808. The number of carbonyl (C=O) groups is 3. The molecular weight excluding hydrogens is 310 g/mol. The summed E-state index contributed by atoms with van der Waals surface area (Å²) in [4.78, 5) is 36.8. The first-order valence-electron chi connectivity index (χ1n) is 9.10. The molecule has 2 N–H and O–H groups in total. The number of nitrogens with zero attached hydrogens (tertiary/aromatic N) is 1. The predicted octanol–water partition coefficient (Wildman–Crippen LogP) is 1.87. The van der Waals surface area contributed by atoms with Gasteiger partial charge >= 0.3 is 6.03 Å². The standard InChI is InChI=1S/C17H27N3O4/c1-12-7-3-4-8-13(12)24-11-14(21)19-20-15(22)17(18-16(20)23)9-5-2-6-10-17/h12-13H,2-11H2,1H3,(H,18,23)(H,19,21)/t12-,13-/m1/s1. The lowest BCUT2D eigenvalue weighted by Crippen LogP contribution is -2.51. The van der Waals surface area contributed by atoms with Crippen molar-refractivity contribution >= 4 is 17.8 Å². The molecule has 1 heterocycles. The minimum Gasteiger partial charge on any atom is -0.368 e. The van der Waals surface area contributed by atoms with Gasteiger partial charge < -0.3 is 10.1 Å². The van der Waals surface area contributed by atoms with E-state index in [2.05, 4.69) is 17.7 Å². The Morgan fingerprint density at radius 2 is 1.92 bits per heavy atom. The number of hydrazine groups is 1. The van der Waals surface area contributed by atoms with Crippen molar-refractivity contribution in [2.24, 2.45) is 5.92 Å². The molecule has 4 amide bonds. The fraction of sp³-hybridized carbons (Fsp3) is 0.824. The zero-order valence-corrected chi connectivity index (χ0v) is 14.3. The van der Waals surface area contributed by atoms with Crippen LogP contribution in [0.25, 0.3) is 0 Å². The highest BCUT2D eigenvalue weighted by atomic mass is 16.5. The Hall–Kier alpha value is -1.63. The third-order valence-electron chi connectivity index (χ3n) is 5.57. The molecule has 7 heteroatoms. The number of urea groups is 1. The van der Waals surface area contributed by atoms with Crippen LogP contribution >= 0.6 is 0 Å². The fourth-order valence-corrected chi connectivity index (χ4v) is 4.09. The van der Waals surface area contributed by atoms with Gasteiger partial charge in [-0.25, -0.2) is 4.79 Å². The molecule has 2 saturated carbocycles. The van der Waals surface area contributed by atoms with Crippen LogP contribution in [0.2, 0.25) is 0 Å². The normalized spacial score (nSPS) is 29.6. The maximum absolute atomic E-state index is 12.6. The summed E-state index contributed by atoms with van der Waals surface area (Å²) < 4.78 is 5.69. The summed E-state index contributed by atoms with van der Waals surface area (Å²) in [6.07, 6.45) is 8.65. The zero-order valence-electron chi connectivity index (χ0n) is 14.3. The molecule has 1 saturated heterocycles. The van der Waals surface area contributed by atoms with Crippen LogP contribution in [0.5, 0.6) is 0 Å². The van der Waals surface area contributed by atoms with E-state index in [4.69, 9.17) is 4.74 Å². The maximum Gasteiger partial charge on any atom is 0.344 e. The van der Waals surface area contributed by atoms with E-state index >= 15 is 0 Å². The highest BCUT2D eigenvalue weighted by molar-refractivity contribution is 6.08. The van der Waals surface area contributed by atoms with Gasteiger partial charge in [0.25, 0.3) is 11.8 Å². The van der Waals surface area contributed by atoms with Crippen LogP contribution in [0.1, 0.15) is 64.7 Å². The van der Waals surface area contributed by atoms with Gasteiger partial charge in [0, 0.05) is 0 Å². The highest BCUT2D eigenvalue weighted by Gasteiger charge is 2.52. The average Bonchev–Trinajstić information content (AvgIpc) is 2.79. The van der Waals surface area contributed by atoms with Crippen LogP contribution in [0.15, 0.2) is 0 Å². The Bertz CT molecular complexity index is 516. The van der Waals surface area contributed by atoms with E-state index in [1.165, 1.54) is 6.42 Å². The van der Waals surface area contributed by atoms with Crippen molar-refractivity contribution in [3.8, 4) is 0 Å². The lowest BCUT2D eigenvalue weighted by molar-refractivity contribution is -0.143. The monoisotopic (exact) mass is 337 g/mol. The number of imide groups is 1. The van der Waals surface area contributed by atoms with Gasteiger partial charge in [-0.2, -0.15) is 5.01 Å². The Balaban J connectivity index is 1.52. The van der Waals surface area contributed by atoms with Gasteiger partial charge in [-0.05, 0) is 31.6 Å². The fourth-order valence-electron chi connectivity index (χ4n) is 4.09. The number of amides is 4. The van der Waals surface area contributed by atoms with Crippen molar-refractivity contribution in [2.75, 3.05) is 6.61 Å². The third-order valence-corrected chi connectivity index (χ3v) is 5.57. The first kappa shape index (κ1) is 17.2. The van der Waals surface area contributed by atoms with Crippen LogP contribution in [-0.4, -0.2) is 41.1 Å². The molecule has 3 rings (SSSR count). The molecule has 0 aromatic carbocycles. The summed E-state index contributed by atoms with van der Waals surface area (Å²) in [7, 11) is 0. The molecule has 134 valence electrons. The highest BCUT2D eigenvalue weighted by Crippen LogP contribution is 2.33. The molecule has 3 aliphatic rings. The summed E-state index contributed by atoms with van der Waals surface area (Å²) in [5.41, 5.74) is 1.59. The minimum atomic E-state index is -0.818. The van der Waals surface area contributed by atoms with Crippen molar-refractivity contribution in [3.63, 3.8) is 0 Å². The lowest BCUT2D eigenvalue weighted by atomic mass is 9.82. The number of nitrogens with one attached hydrogen (secondary N) is 2. The van der Waals surface area contributed by atoms with Crippen LogP contribution < -0.4 is 10.7 Å². The van der Waals surface area contributed by atoms with E-state index in [1.54, 1.807) is 0 Å². The Morgan fingerprint density at radius 3 is 2.62 bits per heavy atom. The van der Waals surface area contributed by atoms with Crippen molar-refractivity contribution < 1.29 is 19.1 Å². The smallest absolute Gasteiger partial charge is 0.344 e. The molecule has 0 bridgehead atoms. The third kappa shape index (κ3) is 3.41. The van der Waals surface area contributed by atoms with Gasteiger partial charge in [0.1, 0.15) is 12.1 Å². The van der Waals surface area contributed by atoms with E-state index < -0.39 is 17.5 Å². The molecule has 1 aliphatic heterocycles. The van der Waals surface area contributed by atoms with E-state index in [9.17, 15) is 14.4 Å². The van der Waals surface area contributed by atoms with E-state index in [0.717, 1.165) is 43.5 Å². The Kier molecular flexibility index (Phi) is 5.08. The molecule has 0 radical (unpaired) electrons. The lowest BCUT2D eigenvalue weighted by Gasteiger charge is -2.30. The van der Waals surface area contributed by atoms with Gasteiger partial charge in [0.05, 0.1) is 6.10 Å². The topological polar surface area (TPSA) is 87.7 Å². The van der Waals surface area contributed by atoms with Crippen molar-refractivity contribution in [3.05, 3.63) is 0 Å². The molecular formula is C17H27N3O4. The van der Waals surface area contributed by atoms with E-state index in [-0.39, 0.29) is 18.6 Å². The first-order valence-corrected chi connectivity index (χ1v) is 9.10. The number of carbonyl (C=O) groups excluding carboxylic acids is 3. The predicted molar refractivity (Wildman–Crippen MR) is 86.7 cm³/mol. The number of rotatable bonds is 4. The summed E-state index contributed by atoms with van der Waals surface area (Å²) in [5, 5.41) is 3.60. The Labute approximate surface area is 142 Å². The second-order valence-corrected chi connectivity index (χ2v) is 7.36. The van der Waals surface area contributed by atoms with E-state index in [0.29, 0.717) is 18.8 Å². The van der Waals surface area contributed by atoms with Crippen LogP contribution in [0.4, 0.5) is 4.79 Å². The second-order valence-electron chi connectivity index (χ2n) is 7.36. The van der Waals surface area contributed by atoms with Crippen molar-refractivity contribution in [2.45, 2.75) is 76.4 Å². The number of ether oxygens (including phenoxy) is 1. The molecule has 7 nitrogen and oxygen atoms in total. The average molecular weight is 337 g/mol. The van der Waals surface area contributed by atoms with E-state index in [1.807, 2.05) is 0 Å². The molecule has 24 heavy (non-hydrogen) atoms. The maximum atomic E-state index is 12.6. The molecule has 1 spiro atoms. The number of hydrogen-bond donors (Lipinski definition) is 2. The van der Waals surface area contributed by atoms with Crippen LogP contribution in [-0.2, 0) is 14.3 Å². The largest absolute Gasteiger partial charge is 0.368 e. The molecule has 3 fully saturated rings. The molecule has 2 aliphatic carbocycles. The zero-order chi connectivity index (χ0) is 17.2. The first-order chi connectivity index (χ1) is 11.5.